The smallest absolute Gasteiger partial charge is 0.321 e. The fraction of sp³-hybridized carbons (Fsp3) is 0.300. The molecule has 0 spiro atoms. The molecule has 1 unspecified atom stereocenters. The molecule has 2 aromatic rings. The molecule has 0 aliphatic carbocycles. The molecular formula is C20H22FN3O. The average molecular weight is 339 g/mol. The Bertz CT molecular complexity index is 769. The lowest BCUT2D eigenvalue weighted by Gasteiger charge is -2.33. The standard InChI is InChI=1S/C20H22FN3O/c1-14-8-16(11-18(21)9-14)10-17-5-7-24(13-15(17)2)20(25)23-19-4-3-6-22-12-19/h3-4,6,8-12,15H,5,7,13H2,1-2H3,(H,23,25)/b17-10+. The van der Waals surface area contributed by atoms with Crippen LogP contribution < -0.4 is 5.32 Å². The number of amides is 2. The molecule has 0 saturated carbocycles. The second-order valence-corrected chi connectivity index (χ2v) is 6.55. The molecule has 2 amide bonds. The van der Waals surface area contributed by atoms with Crippen molar-refractivity contribution in [3.05, 3.63) is 65.2 Å². The Labute approximate surface area is 147 Å². The van der Waals surface area contributed by atoms with Gasteiger partial charge >= 0.3 is 6.03 Å². The highest BCUT2D eigenvalue weighted by Crippen LogP contribution is 2.26. The molecule has 25 heavy (non-hydrogen) atoms. The Kier molecular flexibility index (Phi) is 5.12. The van der Waals surface area contributed by atoms with Crippen molar-refractivity contribution in [2.45, 2.75) is 20.3 Å². The van der Waals surface area contributed by atoms with E-state index in [0.717, 1.165) is 17.5 Å². The van der Waals surface area contributed by atoms with Crippen LogP contribution in [0.4, 0.5) is 14.9 Å². The fourth-order valence-electron chi connectivity index (χ4n) is 3.15. The third-order valence-electron chi connectivity index (χ3n) is 4.41. The second kappa shape index (κ2) is 7.47. The molecular weight excluding hydrogens is 317 g/mol. The fourth-order valence-corrected chi connectivity index (χ4v) is 3.15. The minimum Gasteiger partial charge on any atom is -0.324 e. The van der Waals surface area contributed by atoms with E-state index in [9.17, 15) is 9.18 Å². The summed E-state index contributed by atoms with van der Waals surface area (Å²) in [5, 5.41) is 2.87. The molecule has 1 atom stereocenters. The van der Waals surface area contributed by atoms with E-state index in [1.54, 1.807) is 24.5 Å². The number of carbonyl (C=O) groups excluding carboxylic acids is 1. The van der Waals surface area contributed by atoms with Crippen molar-refractivity contribution in [2.75, 3.05) is 18.4 Å². The van der Waals surface area contributed by atoms with E-state index in [-0.39, 0.29) is 17.8 Å². The van der Waals surface area contributed by atoms with Gasteiger partial charge in [-0.2, -0.15) is 0 Å². The van der Waals surface area contributed by atoms with E-state index in [2.05, 4.69) is 23.3 Å². The van der Waals surface area contributed by atoms with Crippen LogP contribution >= 0.6 is 0 Å². The van der Waals surface area contributed by atoms with Gasteiger partial charge in [-0.1, -0.05) is 24.6 Å². The molecule has 1 saturated heterocycles. The molecule has 0 bridgehead atoms. The first-order valence-electron chi connectivity index (χ1n) is 8.45. The van der Waals surface area contributed by atoms with Crippen molar-refractivity contribution < 1.29 is 9.18 Å². The number of halogens is 1. The Hall–Kier alpha value is -2.69. The highest BCUT2D eigenvalue weighted by atomic mass is 19.1. The molecule has 2 heterocycles. The molecule has 5 heteroatoms. The van der Waals surface area contributed by atoms with Gasteiger partial charge in [-0.3, -0.25) is 4.98 Å². The summed E-state index contributed by atoms with van der Waals surface area (Å²) >= 11 is 0. The maximum atomic E-state index is 13.6. The van der Waals surface area contributed by atoms with Crippen LogP contribution in [0.5, 0.6) is 0 Å². The lowest BCUT2D eigenvalue weighted by Crippen LogP contribution is -2.42. The van der Waals surface area contributed by atoms with Gasteiger partial charge in [-0.15, -0.1) is 0 Å². The van der Waals surface area contributed by atoms with E-state index in [1.807, 2.05) is 24.0 Å². The number of hydrogen-bond donors (Lipinski definition) is 1. The van der Waals surface area contributed by atoms with Crippen LogP contribution in [0.1, 0.15) is 24.5 Å². The minimum absolute atomic E-state index is 0.111. The van der Waals surface area contributed by atoms with Gasteiger partial charge in [-0.25, -0.2) is 9.18 Å². The van der Waals surface area contributed by atoms with Crippen LogP contribution in [-0.2, 0) is 0 Å². The highest BCUT2D eigenvalue weighted by Gasteiger charge is 2.24. The monoisotopic (exact) mass is 339 g/mol. The zero-order valence-electron chi connectivity index (χ0n) is 14.5. The molecule has 1 N–H and O–H groups in total. The number of rotatable bonds is 2. The zero-order chi connectivity index (χ0) is 17.8. The lowest BCUT2D eigenvalue weighted by atomic mass is 9.91. The van der Waals surface area contributed by atoms with Gasteiger partial charge in [0, 0.05) is 19.3 Å². The molecule has 1 aromatic heterocycles. The van der Waals surface area contributed by atoms with Crippen molar-refractivity contribution in [3.8, 4) is 0 Å². The predicted molar refractivity (Wildman–Crippen MR) is 97.7 cm³/mol. The summed E-state index contributed by atoms with van der Waals surface area (Å²) in [6.07, 6.45) is 6.14. The van der Waals surface area contributed by atoms with Gasteiger partial charge in [0.15, 0.2) is 0 Å². The van der Waals surface area contributed by atoms with Crippen molar-refractivity contribution in [3.63, 3.8) is 0 Å². The third kappa shape index (κ3) is 4.44. The van der Waals surface area contributed by atoms with E-state index in [4.69, 9.17) is 0 Å². The topological polar surface area (TPSA) is 45.2 Å². The largest absolute Gasteiger partial charge is 0.324 e. The number of aromatic nitrogens is 1. The maximum Gasteiger partial charge on any atom is 0.321 e. The Morgan fingerprint density at radius 2 is 2.24 bits per heavy atom. The summed E-state index contributed by atoms with van der Waals surface area (Å²) in [4.78, 5) is 18.2. The normalized spacial score (nSPS) is 19.1. The van der Waals surface area contributed by atoms with Gasteiger partial charge < -0.3 is 10.2 Å². The van der Waals surface area contributed by atoms with Crippen LogP contribution in [0.15, 0.2) is 48.3 Å². The van der Waals surface area contributed by atoms with Crippen LogP contribution in [-0.4, -0.2) is 29.0 Å². The quantitative estimate of drug-likeness (QED) is 0.876. The predicted octanol–water partition coefficient (Wildman–Crippen LogP) is 4.49. The zero-order valence-corrected chi connectivity index (χ0v) is 14.5. The van der Waals surface area contributed by atoms with Gasteiger partial charge in [-0.05, 0) is 54.7 Å². The van der Waals surface area contributed by atoms with E-state index < -0.39 is 0 Å². The molecule has 4 nitrogen and oxygen atoms in total. The summed E-state index contributed by atoms with van der Waals surface area (Å²) in [6.45, 7) is 5.28. The Morgan fingerprint density at radius 3 is 2.92 bits per heavy atom. The number of urea groups is 1. The molecule has 1 fully saturated rings. The van der Waals surface area contributed by atoms with E-state index in [0.29, 0.717) is 18.8 Å². The molecule has 0 radical (unpaired) electrons. The number of anilines is 1. The Balaban J connectivity index is 1.66. The lowest BCUT2D eigenvalue weighted by molar-refractivity contribution is 0.198. The number of piperidine rings is 1. The number of nitrogens with one attached hydrogen (secondary N) is 1. The summed E-state index contributed by atoms with van der Waals surface area (Å²) in [7, 11) is 0. The average Bonchev–Trinajstić information content (AvgIpc) is 2.56. The number of benzene rings is 1. The number of pyridine rings is 1. The van der Waals surface area contributed by atoms with Gasteiger partial charge in [0.2, 0.25) is 0 Å². The summed E-state index contributed by atoms with van der Waals surface area (Å²) in [6, 6.07) is 8.54. The molecule has 1 aliphatic rings. The molecule has 3 rings (SSSR count). The minimum atomic E-state index is -0.215. The summed E-state index contributed by atoms with van der Waals surface area (Å²) < 4.78 is 13.6. The highest BCUT2D eigenvalue weighted by molar-refractivity contribution is 5.89. The van der Waals surface area contributed by atoms with Crippen molar-refractivity contribution in [1.29, 1.82) is 0 Å². The molecule has 1 aromatic carbocycles. The first-order valence-corrected chi connectivity index (χ1v) is 8.45. The SMILES string of the molecule is Cc1cc(F)cc(/C=C2\CCN(C(=O)Nc3cccnc3)CC2C)c1. The summed E-state index contributed by atoms with van der Waals surface area (Å²) in [5.74, 6) is 0.0183. The number of aryl methyl sites for hydroxylation is 1. The molecule has 1 aliphatic heterocycles. The summed E-state index contributed by atoms with van der Waals surface area (Å²) in [5.41, 5.74) is 3.73. The Morgan fingerprint density at radius 1 is 1.40 bits per heavy atom. The number of hydrogen-bond acceptors (Lipinski definition) is 2. The first kappa shape index (κ1) is 17.1. The van der Waals surface area contributed by atoms with Crippen LogP contribution in [0.25, 0.3) is 6.08 Å². The van der Waals surface area contributed by atoms with Crippen LogP contribution in [0.3, 0.4) is 0 Å². The number of likely N-dealkylation sites (tertiary alicyclic amines) is 1. The van der Waals surface area contributed by atoms with Crippen LogP contribution in [0.2, 0.25) is 0 Å². The van der Waals surface area contributed by atoms with Gasteiger partial charge in [0.25, 0.3) is 0 Å². The maximum absolute atomic E-state index is 13.6. The van der Waals surface area contributed by atoms with Gasteiger partial charge in [0.05, 0.1) is 11.9 Å². The third-order valence-corrected chi connectivity index (χ3v) is 4.41. The van der Waals surface area contributed by atoms with Gasteiger partial charge in [0.1, 0.15) is 5.82 Å². The molecule has 130 valence electrons. The van der Waals surface area contributed by atoms with Crippen LogP contribution in [0, 0.1) is 18.7 Å². The van der Waals surface area contributed by atoms with Crippen molar-refractivity contribution in [2.24, 2.45) is 5.92 Å². The van der Waals surface area contributed by atoms with E-state index in [1.165, 1.54) is 11.6 Å². The number of carbonyl (C=O) groups is 1. The van der Waals surface area contributed by atoms with Crippen molar-refractivity contribution >= 4 is 17.8 Å². The van der Waals surface area contributed by atoms with E-state index >= 15 is 0 Å². The van der Waals surface area contributed by atoms with Crippen molar-refractivity contribution in [1.82, 2.24) is 9.88 Å². The second-order valence-electron chi connectivity index (χ2n) is 6.55. The number of nitrogens with zero attached hydrogens (tertiary/aromatic N) is 2. The first-order chi connectivity index (χ1) is 12.0.